The lowest BCUT2D eigenvalue weighted by Crippen LogP contribution is -2.46. The fourth-order valence-corrected chi connectivity index (χ4v) is 5.27. The highest BCUT2D eigenvalue weighted by molar-refractivity contribution is 7.17. The van der Waals surface area contributed by atoms with Gasteiger partial charge < -0.3 is 20.3 Å². The zero-order valence-corrected chi connectivity index (χ0v) is 21.3. The molecule has 2 aromatic carbocycles. The Morgan fingerprint density at radius 3 is 2.74 bits per heavy atom. The number of alkyl halides is 3. The van der Waals surface area contributed by atoms with Gasteiger partial charge in [-0.15, -0.1) is 11.3 Å². The third kappa shape index (κ3) is 5.26. The number of rotatable bonds is 3. The van der Waals surface area contributed by atoms with Crippen LogP contribution in [0.2, 0.25) is 5.02 Å². The molecule has 4 N–H and O–H groups in total. The Balaban J connectivity index is 1.53. The van der Waals surface area contributed by atoms with Gasteiger partial charge in [0.2, 0.25) is 6.29 Å². The zero-order valence-electron chi connectivity index (χ0n) is 19.7. The van der Waals surface area contributed by atoms with Crippen LogP contribution in [0, 0.1) is 6.92 Å². The van der Waals surface area contributed by atoms with Crippen LogP contribution in [0.15, 0.2) is 41.9 Å². The summed E-state index contributed by atoms with van der Waals surface area (Å²) in [7, 11) is 0. The standard InChI is InChI=1S/C23H22ClF3N6O4S/c1-11-31-21(33(32-11)15-7-13(24)17-20(38-10-29-17)16(15)23(25,26)27)19-18(34)14(28)8-35-22(37-30-9-36-19)12-5-3-2-4-6-12/h2-7,10,14,18-19,22,30,34H,8-9,28H2,1H3. The maximum atomic E-state index is 14.3. The molecule has 1 saturated heterocycles. The number of thiazole rings is 1. The lowest BCUT2D eigenvalue weighted by Gasteiger charge is -2.30. The van der Waals surface area contributed by atoms with Crippen molar-refractivity contribution >= 4 is 33.2 Å². The highest BCUT2D eigenvalue weighted by Crippen LogP contribution is 2.43. The minimum atomic E-state index is -4.77. The van der Waals surface area contributed by atoms with Crippen molar-refractivity contribution in [1.82, 2.24) is 25.2 Å². The first kappa shape index (κ1) is 26.9. The number of ether oxygens (including phenoxy) is 2. The van der Waals surface area contributed by atoms with Crippen molar-refractivity contribution in [2.24, 2.45) is 5.73 Å². The molecule has 3 heterocycles. The molecule has 4 aromatic rings. The summed E-state index contributed by atoms with van der Waals surface area (Å²) in [6, 6.07) is 9.13. The first-order valence-electron chi connectivity index (χ1n) is 11.3. The van der Waals surface area contributed by atoms with E-state index < -0.39 is 36.3 Å². The molecule has 2 aromatic heterocycles. The summed E-state index contributed by atoms with van der Waals surface area (Å²) in [6.45, 7) is 1.05. The van der Waals surface area contributed by atoms with E-state index in [-0.39, 0.29) is 45.9 Å². The number of aromatic nitrogens is 4. The first-order valence-corrected chi connectivity index (χ1v) is 12.6. The van der Waals surface area contributed by atoms with Crippen LogP contribution in [0.4, 0.5) is 13.2 Å². The minimum absolute atomic E-state index is 0.00268. The monoisotopic (exact) mass is 570 g/mol. The number of halogens is 4. The summed E-state index contributed by atoms with van der Waals surface area (Å²) in [5, 5.41) is 15.3. The second kappa shape index (κ2) is 10.8. The van der Waals surface area contributed by atoms with Gasteiger partial charge in [0, 0.05) is 5.56 Å². The Bertz CT molecular complexity index is 1420. The summed E-state index contributed by atoms with van der Waals surface area (Å²) < 4.78 is 55.3. The van der Waals surface area contributed by atoms with Crippen molar-refractivity contribution in [2.75, 3.05) is 13.3 Å². The zero-order chi connectivity index (χ0) is 27.0. The molecule has 4 unspecified atom stereocenters. The highest BCUT2D eigenvalue weighted by Gasteiger charge is 2.40. The molecule has 0 spiro atoms. The number of hydroxylamine groups is 1. The van der Waals surface area contributed by atoms with Crippen LogP contribution in [-0.4, -0.2) is 50.3 Å². The normalized spacial score (nSPS) is 23.6. The highest BCUT2D eigenvalue weighted by atomic mass is 35.5. The van der Waals surface area contributed by atoms with Gasteiger partial charge in [0.25, 0.3) is 0 Å². The lowest BCUT2D eigenvalue weighted by molar-refractivity contribution is -0.225. The van der Waals surface area contributed by atoms with Gasteiger partial charge in [-0.1, -0.05) is 41.9 Å². The predicted molar refractivity (Wildman–Crippen MR) is 131 cm³/mol. The van der Waals surface area contributed by atoms with Gasteiger partial charge in [-0.3, -0.25) is 4.84 Å². The van der Waals surface area contributed by atoms with Crippen LogP contribution >= 0.6 is 22.9 Å². The van der Waals surface area contributed by atoms with Crippen LogP contribution in [0.5, 0.6) is 0 Å². The van der Waals surface area contributed by atoms with Crippen molar-refractivity contribution in [3.8, 4) is 5.69 Å². The summed E-state index contributed by atoms with van der Waals surface area (Å²) in [4.78, 5) is 13.8. The molecule has 0 aliphatic carbocycles. The van der Waals surface area contributed by atoms with E-state index in [0.717, 1.165) is 22.1 Å². The fraction of sp³-hybridized carbons (Fsp3) is 0.348. The second-order valence-electron chi connectivity index (χ2n) is 8.43. The number of nitrogens with two attached hydrogens (primary N) is 1. The number of nitrogens with one attached hydrogen (secondary N) is 1. The largest absolute Gasteiger partial charge is 0.419 e. The summed E-state index contributed by atoms with van der Waals surface area (Å²) in [6.07, 6.45) is -8.37. The second-order valence-corrected chi connectivity index (χ2v) is 9.70. The lowest BCUT2D eigenvalue weighted by atomic mass is 10.1. The van der Waals surface area contributed by atoms with Crippen molar-refractivity contribution in [3.63, 3.8) is 0 Å². The van der Waals surface area contributed by atoms with E-state index in [4.69, 9.17) is 31.6 Å². The van der Waals surface area contributed by atoms with E-state index in [1.165, 1.54) is 12.4 Å². The topological polar surface area (TPSA) is 130 Å². The number of aryl methyl sites for hydroxylation is 1. The third-order valence-electron chi connectivity index (χ3n) is 5.82. The molecule has 10 nitrogen and oxygen atoms in total. The number of fused-ring (bicyclic) bond motifs is 1. The quantitative estimate of drug-likeness (QED) is 0.337. The number of aliphatic hydroxyl groups excluding tert-OH is 1. The molecule has 0 amide bonds. The van der Waals surface area contributed by atoms with Gasteiger partial charge in [0.05, 0.1) is 33.6 Å². The molecular weight excluding hydrogens is 549 g/mol. The number of aliphatic hydroxyl groups is 1. The van der Waals surface area contributed by atoms with Crippen LogP contribution < -0.4 is 11.2 Å². The Morgan fingerprint density at radius 1 is 1.24 bits per heavy atom. The average Bonchev–Trinajstić information content (AvgIpc) is 3.52. The maximum Gasteiger partial charge on any atom is 0.419 e. The number of benzene rings is 2. The van der Waals surface area contributed by atoms with E-state index in [9.17, 15) is 18.3 Å². The summed E-state index contributed by atoms with van der Waals surface area (Å²) in [5.74, 6) is 0.0255. The van der Waals surface area contributed by atoms with Crippen LogP contribution in [0.25, 0.3) is 15.9 Å². The molecule has 0 radical (unpaired) electrons. The van der Waals surface area contributed by atoms with Gasteiger partial charge in [-0.25, -0.2) is 14.6 Å². The Labute approximate surface area is 223 Å². The van der Waals surface area contributed by atoms with Gasteiger partial charge in [-0.2, -0.15) is 23.8 Å². The molecule has 1 fully saturated rings. The molecular formula is C23H22ClF3N6O4S. The summed E-state index contributed by atoms with van der Waals surface area (Å²) in [5.41, 5.74) is 9.45. The van der Waals surface area contributed by atoms with Crippen LogP contribution in [0.3, 0.4) is 0 Å². The average molecular weight is 571 g/mol. The predicted octanol–water partition coefficient (Wildman–Crippen LogP) is 3.81. The van der Waals surface area contributed by atoms with Gasteiger partial charge in [0.1, 0.15) is 35.8 Å². The van der Waals surface area contributed by atoms with E-state index in [0.29, 0.717) is 5.56 Å². The van der Waals surface area contributed by atoms with E-state index >= 15 is 0 Å². The molecule has 1 aliphatic heterocycles. The molecule has 0 saturated carbocycles. The molecule has 1 aliphatic rings. The third-order valence-corrected chi connectivity index (χ3v) is 6.95. The van der Waals surface area contributed by atoms with E-state index in [2.05, 4.69) is 20.5 Å². The van der Waals surface area contributed by atoms with Crippen molar-refractivity contribution in [1.29, 1.82) is 0 Å². The molecule has 202 valence electrons. The van der Waals surface area contributed by atoms with Crippen molar-refractivity contribution < 1.29 is 32.6 Å². The van der Waals surface area contributed by atoms with Crippen LogP contribution in [0.1, 0.15) is 35.2 Å². The minimum Gasteiger partial charge on any atom is -0.388 e. The summed E-state index contributed by atoms with van der Waals surface area (Å²) >= 11 is 7.10. The molecule has 5 rings (SSSR count). The van der Waals surface area contributed by atoms with Crippen LogP contribution in [-0.2, 0) is 20.5 Å². The van der Waals surface area contributed by atoms with Crippen molar-refractivity contribution in [3.05, 3.63) is 69.7 Å². The molecule has 4 atom stereocenters. The molecule has 0 bridgehead atoms. The fourth-order valence-electron chi connectivity index (χ4n) is 4.09. The molecule has 15 heteroatoms. The smallest absolute Gasteiger partial charge is 0.388 e. The Kier molecular flexibility index (Phi) is 7.66. The van der Waals surface area contributed by atoms with Gasteiger partial charge >= 0.3 is 6.18 Å². The number of nitrogens with zero attached hydrogens (tertiary/aromatic N) is 4. The molecule has 38 heavy (non-hydrogen) atoms. The van der Waals surface area contributed by atoms with Gasteiger partial charge in [0.15, 0.2) is 5.82 Å². The maximum absolute atomic E-state index is 14.3. The first-order chi connectivity index (χ1) is 18.1. The SMILES string of the molecule is Cc1nc(C2OCNOC(c3ccccc3)OCC(N)C2O)n(-c2cc(Cl)c3ncsc3c2C(F)(F)F)n1. The Hall–Kier alpha value is -2.69. The van der Waals surface area contributed by atoms with E-state index in [1.807, 2.05) is 18.2 Å². The van der Waals surface area contributed by atoms with Crippen molar-refractivity contribution in [2.45, 2.75) is 37.6 Å². The number of hydrogen-bond donors (Lipinski definition) is 3. The number of hydrogen-bond acceptors (Lipinski definition) is 10. The Morgan fingerprint density at radius 2 is 2.00 bits per heavy atom. The van der Waals surface area contributed by atoms with Gasteiger partial charge in [-0.05, 0) is 13.0 Å². The van der Waals surface area contributed by atoms with E-state index in [1.54, 1.807) is 12.1 Å².